The summed E-state index contributed by atoms with van der Waals surface area (Å²) in [5.74, 6) is -1.25. The molecule has 0 fully saturated rings. The van der Waals surface area contributed by atoms with Gasteiger partial charge in [-0.2, -0.15) is 0 Å². The molecule has 0 aromatic rings. The average Bonchev–Trinajstić information content (AvgIpc) is 2.02. The molecular weight excluding hydrogens is 166 g/mol. The van der Waals surface area contributed by atoms with Crippen molar-refractivity contribution in [3.05, 3.63) is 0 Å². The fraction of sp³-hybridized carbons (Fsp3) is 0.833. The zero-order valence-corrected chi connectivity index (χ0v) is 6.42. The summed E-state index contributed by atoms with van der Waals surface area (Å²) < 4.78 is 0. The standard InChI is InChI=1S/C6H13NO5/c7-3(6(11)12)1-4(9)5(10)2-8/h3-5,8-10H,1-2,7H2,(H,11,12)/t3?,4-,5+/m0/s1. The summed E-state index contributed by atoms with van der Waals surface area (Å²) in [4.78, 5) is 10.2. The predicted molar refractivity (Wildman–Crippen MR) is 39.3 cm³/mol. The van der Waals surface area contributed by atoms with Crippen LogP contribution in [0, 0.1) is 0 Å². The van der Waals surface area contributed by atoms with Crippen molar-refractivity contribution < 1.29 is 25.2 Å². The van der Waals surface area contributed by atoms with Gasteiger partial charge in [0.15, 0.2) is 0 Å². The Balaban J connectivity index is 3.83. The highest BCUT2D eigenvalue weighted by molar-refractivity contribution is 5.73. The second-order valence-corrected chi connectivity index (χ2v) is 2.50. The number of aliphatic hydroxyl groups excluding tert-OH is 3. The molecule has 1 unspecified atom stereocenters. The van der Waals surface area contributed by atoms with Crippen LogP contribution in [0.1, 0.15) is 6.42 Å². The number of aliphatic hydroxyl groups is 3. The molecule has 12 heavy (non-hydrogen) atoms. The minimum atomic E-state index is -1.34. The van der Waals surface area contributed by atoms with E-state index in [2.05, 4.69) is 0 Å². The first-order valence-corrected chi connectivity index (χ1v) is 3.44. The van der Waals surface area contributed by atoms with Crippen LogP contribution in [0.4, 0.5) is 0 Å². The Hall–Kier alpha value is -0.690. The summed E-state index contributed by atoms with van der Waals surface area (Å²) in [5, 5.41) is 34.5. The maximum Gasteiger partial charge on any atom is 0.320 e. The monoisotopic (exact) mass is 179 g/mol. The molecule has 0 aliphatic heterocycles. The van der Waals surface area contributed by atoms with Gasteiger partial charge in [0.1, 0.15) is 12.1 Å². The minimum absolute atomic E-state index is 0.281. The van der Waals surface area contributed by atoms with E-state index in [1.165, 1.54) is 0 Å². The molecule has 6 heteroatoms. The first-order chi connectivity index (χ1) is 5.49. The fourth-order valence-corrected chi connectivity index (χ4v) is 0.640. The SMILES string of the molecule is NC(C[C@H](O)[C@H](O)CO)C(=O)O. The lowest BCUT2D eigenvalue weighted by molar-refractivity contribution is -0.140. The first-order valence-electron chi connectivity index (χ1n) is 3.44. The number of nitrogens with two attached hydrogens (primary N) is 1. The van der Waals surface area contributed by atoms with E-state index in [1.54, 1.807) is 0 Å². The largest absolute Gasteiger partial charge is 0.480 e. The Labute approximate surface area is 69.2 Å². The van der Waals surface area contributed by atoms with E-state index < -0.39 is 30.8 Å². The van der Waals surface area contributed by atoms with Crippen molar-refractivity contribution in [3.8, 4) is 0 Å². The Morgan fingerprint density at radius 3 is 2.17 bits per heavy atom. The molecule has 3 atom stereocenters. The highest BCUT2D eigenvalue weighted by Gasteiger charge is 2.21. The van der Waals surface area contributed by atoms with Crippen LogP contribution in [-0.4, -0.2) is 51.3 Å². The van der Waals surface area contributed by atoms with Crippen LogP contribution in [0.3, 0.4) is 0 Å². The summed E-state index contributed by atoms with van der Waals surface area (Å²) in [7, 11) is 0. The van der Waals surface area contributed by atoms with Crippen molar-refractivity contribution in [1.82, 2.24) is 0 Å². The Bertz CT molecular complexity index is 151. The third-order valence-electron chi connectivity index (χ3n) is 1.44. The van der Waals surface area contributed by atoms with Gasteiger partial charge >= 0.3 is 5.97 Å². The average molecular weight is 179 g/mol. The van der Waals surface area contributed by atoms with Gasteiger partial charge in [0.05, 0.1) is 12.7 Å². The van der Waals surface area contributed by atoms with E-state index in [1.807, 2.05) is 0 Å². The first kappa shape index (κ1) is 11.3. The normalized spacial score (nSPS) is 18.3. The summed E-state index contributed by atoms with van der Waals surface area (Å²) in [6, 6.07) is -1.22. The summed E-state index contributed by atoms with van der Waals surface area (Å²) in [6.07, 6.45) is -2.92. The molecule has 6 N–H and O–H groups in total. The van der Waals surface area contributed by atoms with Crippen LogP contribution in [0.5, 0.6) is 0 Å². The molecule has 0 aromatic carbocycles. The van der Waals surface area contributed by atoms with Crippen LogP contribution < -0.4 is 5.73 Å². The van der Waals surface area contributed by atoms with E-state index in [0.717, 1.165) is 0 Å². The molecule has 0 radical (unpaired) electrons. The van der Waals surface area contributed by atoms with Gasteiger partial charge in [-0.1, -0.05) is 0 Å². The Morgan fingerprint density at radius 1 is 1.33 bits per heavy atom. The lowest BCUT2D eigenvalue weighted by Crippen LogP contribution is -2.39. The van der Waals surface area contributed by atoms with E-state index in [4.69, 9.17) is 26.2 Å². The number of hydrogen-bond acceptors (Lipinski definition) is 5. The number of rotatable bonds is 5. The van der Waals surface area contributed by atoms with Crippen molar-refractivity contribution in [2.45, 2.75) is 24.7 Å². The van der Waals surface area contributed by atoms with Gasteiger partial charge in [0.25, 0.3) is 0 Å². The summed E-state index contributed by atoms with van der Waals surface area (Å²) in [6.45, 7) is -0.618. The van der Waals surface area contributed by atoms with Gasteiger partial charge in [-0.05, 0) is 0 Å². The lowest BCUT2D eigenvalue weighted by Gasteiger charge is -2.16. The second-order valence-electron chi connectivity index (χ2n) is 2.50. The Kier molecular flexibility index (Phi) is 4.75. The summed E-state index contributed by atoms with van der Waals surface area (Å²) in [5.41, 5.74) is 5.06. The zero-order valence-electron chi connectivity index (χ0n) is 6.42. The second kappa shape index (κ2) is 5.04. The fourth-order valence-electron chi connectivity index (χ4n) is 0.640. The quantitative estimate of drug-likeness (QED) is 0.318. The van der Waals surface area contributed by atoms with Crippen LogP contribution in [-0.2, 0) is 4.79 Å². The van der Waals surface area contributed by atoms with E-state index in [-0.39, 0.29) is 6.42 Å². The molecule has 0 aliphatic carbocycles. The minimum Gasteiger partial charge on any atom is -0.480 e. The molecular formula is C6H13NO5. The molecule has 72 valence electrons. The van der Waals surface area contributed by atoms with Gasteiger partial charge < -0.3 is 26.2 Å². The summed E-state index contributed by atoms with van der Waals surface area (Å²) >= 11 is 0. The van der Waals surface area contributed by atoms with Crippen molar-refractivity contribution >= 4 is 5.97 Å². The van der Waals surface area contributed by atoms with E-state index >= 15 is 0 Å². The van der Waals surface area contributed by atoms with Crippen LogP contribution in [0.2, 0.25) is 0 Å². The number of carboxylic acid groups (broad SMARTS) is 1. The third kappa shape index (κ3) is 3.63. The van der Waals surface area contributed by atoms with Crippen molar-refractivity contribution in [2.24, 2.45) is 5.73 Å². The zero-order chi connectivity index (χ0) is 9.72. The number of aliphatic carboxylic acids is 1. The molecule has 0 heterocycles. The Morgan fingerprint density at radius 2 is 1.83 bits per heavy atom. The van der Waals surface area contributed by atoms with Gasteiger partial charge in [-0.25, -0.2) is 0 Å². The van der Waals surface area contributed by atoms with Gasteiger partial charge in [-0.15, -0.1) is 0 Å². The topological polar surface area (TPSA) is 124 Å². The molecule has 0 saturated carbocycles. The van der Waals surface area contributed by atoms with Gasteiger partial charge in [-0.3, -0.25) is 4.79 Å². The molecule has 0 saturated heterocycles. The maximum atomic E-state index is 10.2. The number of carbonyl (C=O) groups is 1. The van der Waals surface area contributed by atoms with Crippen molar-refractivity contribution in [2.75, 3.05) is 6.61 Å². The number of hydrogen-bond donors (Lipinski definition) is 5. The molecule has 0 rings (SSSR count). The van der Waals surface area contributed by atoms with E-state index in [0.29, 0.717) is 0 Å². The van der Waals surface area contributed by atoms with Gasteiger partial charge in [0, 0.05) is 6.42 Å². The molecule has 6 nitrogen and oxygen atoms in total. The van der Waals surface area contributed by atoms with Gasteiger partial charge in [0.2, 0.25) is 0 Å². The van der Waals surface area contributed by atoms with Crippen LogP contribution in [0.15, 0.2) is 0 Å². The van der Waals surface area contributed by atoms with Crippen molar-refractivity contribution in [1.29, 1.82) is 0 Å². The molecule has 0 aromatic heterocycles. The lowest BCUT2D eigenvalue weighted by atomic mass is 10.1. The highest BCUT2D eigenvalue weighted by atomic mass is 16.4. The molecule has 0 aliphatic rings. The predicted octanol–water partition coefficient (Wildman–Crippen LogP) is -2.50. The maximum absolute atomic E-state index is 10.2. The van der Waals surface area contributed by atoms with Crippen molar-refractivity contribution in [3.63, 3.8) is 0 Å². The van der Waals surface area contributed by atoms with E-state index in [9.17, 15) is 4.79 Å². The van der Waals surface area contributed by atoms with Crippen LogP contribution in [0.25, 0.3) is 0 Å². The molecule has 0 amide bonds. The number of carboxylic acids is 1. The highest BCUT2D eigenvalue weighted by Crippen LogP contribution is 2.01. The smallest absolute Gasteiger partial charge is 0.320 e. The van der Waals surface area contributed by atoms with Crippen LogP contribution >= 0.6 is 0 Å². The molecule has 0 spiro atoms. The molecule has 0 bridgehead atoms. The third-order valence-corrected chi connectivity index (χ3v) is 1.44.